The molecule has 2 atom stereocenters. The molecular formula is C16H22FN3O2. The maximum atomic E-state index is 13.8. The number of amides is 2. The van der Waals surface area contributed by atoms with E-state index in [1.807, 2.05) is 20.8 Å². The van der Waals surface area contributed by atoms with Gasteiger partial charge in [-0.15, -0.1) is 0 Å². The third-order valence-corrected chi connectivity index (χ3v) is 3.88. The molecule has 1 aromatic carbocycles. The Hall–Kier alpha value is -1.95. The smallest absolute Gasteiger partial charge is 0.249 e. The molecule has 1 unspecified atom stereocenters. The maximum absolute atomic E-state index is 13.8. The van der Waals surface area contributed by atoms with Crippen LogP contribution in [0.2, 0.25) is 0 Å². The molecular weight excluding hydrogens is 285 g/mol. The van der Waals surface area contributed by atoms with Crippen LogP contribution in [0.5, 0.6) is 0 Å². The highest BCUT2D eigenvalue weighted by atomic mass is 19.1. The van der Waals surface area contributed by atoms with Crippen LogP contribution in [-0.4, -0.2) is 30.4 Å². The van der Waals surface area contributed by atoms with Crippen molar-refractivity contribution in [2.45, 2.75) is 39.3 Å². The van der Waals surface area contributed by atoms with Gasteiger partial charge in [-0.1, -0.05) is 32.9 Å². The van der Waals surface area contributed by atoms with E-state index in [0.29, 0.717) is 13.0 Å². The molecule has 1 fully saturated rings. The first-order valence-electron chi connectivity index (χ1n) is 7.33. The molecule has 5 nitrogen and oxygen atoms in total. The fourth-order valence-electron chi connectivity index (χ4n) is 2.38. The van der Waals surface area contributed by atoms with E-state index in [-0.39, 0.29) is 17.5 Å². The number of rotatable bonds is 3. The van der Waals surface area contributed by atoms with Gasteiger partial charge in [-0.05, 0) is 24.0 Å². The summed E-state index contributed by atoms with van der Waals surface area (Å²) in [5.41, 5.74) is 5.74. The number of carbonyl (C=O) groups is 2. The first-order chi connectivity index (χ1) is 10.2. The zero-order valence-electron chi connectivity index (χ0n) is 13.1. The standard InChI is InChI=1S/C16H22FN3O2/c1-16(2,3)13(18)14(21)19-11-8-9-20(15(11)22)12-7-5-4-6-10(12)17/h4-7,11,13H,8-9,18H2,1-3H3,(H,19,21)/t11?,13-/m1/s1. The molecule has 2 amide bonds. The summed E-state index contributed by atoms with van der Waals surface area (Å²) in [6.07, 6.45) is 0.440. The Morgan fingerprint density at radius 2 is 2.05 bits per heavy atom. The van der Waals surface area contributed by atoms with E-state index >= 15 is 0 Å². The lowest BCUT2D eigenvalue weighted by atomic mass is 9.87. The predicted molar refractivity (Wildman–Crippen MR) is 82.7 cm³/mol. The lowest BCUT2D eigenvalue weighted by molar-refractivity contribution is -0.128. The number of halogens is 1. The first kappa shape index (κ1) is 16.4. The molecule has 0 bridgehead atoms. The van der Waals surface area contributed by atoms with Gasteiger partial charge in [0.25, 0.3) is 0 Å². The van der Waals surface area contributed by atoms with Crippen LogP contribution in [0.3, 0.4) is 0 Å². The van der Waals surface area contributed by atoms with E-state index in [2.05, 4.69) is 5.32 Å². The van der Waals surface area contributed by atoms with Crippen molar-refractivity contribution in [2.24, 2.45) is 11.1 Å². The first-order valence-corrected chi connectivity index (χ1v) is 7.33. The average Bonchev–Trinajstić information content (AvgIpc) is 2.79. The van der Waals surface area contributed by atoms with E-state index < -0.39 is 23.3 Å². The second-order valence-corrected chi connectivity index (χ2v) is 6.63. The van der Waals surface area contributed by atoms with Gasteiger partial charge < -0.3 is 16.0 Å². The van der Waals surface area contributed by atoms with Crippen molar-refractivity contribution in [3.63, 3.8) is 0 Å². The number of carbonyl (C=O) groups excluding carboxylic acids is 2. The number of nitrogens with two attached hydrogens (primary N) is 1. The van der Waals surface area contributed by atoms with Crippen LogP contribution >= 0.6 is 0 Å². The predicted octanol–water partition coefficient (Wildman–Crippen LogP) is 1.42. The topological polar surface area (TPSA) is 75.4 Å². The Balaban J connectivity index is 2.06. The van der Waals surface area contributed by atoms with Crippen molar-refractivity contribution in [1.29, 1.82) is 0 Å². The van der Waals surface area contributed by atoms with Gasteiger partial charge in [0.2, 0.25) is 11.8 Å². The van der Waals surface area contributed by atoms with Crippen LogP contribution in [0, 0.1) is 11.2 Å². The highest BCUT2D eigenvalue weighted by Crippen LogP contribution is 2.25. The van der Waals surface area contributed by atoms with Gasteiger partial charge in [-0.2, -0.15) is 0 Å². The maximum Gasteiger partial charge on any atom is 0.249 e. The largest absolute Gasteiger partial charge is 0.343 e. The number of hydrogen-bond acceptors (Lipinski definition) is 3. The zero-order valence-corrected chi connectivity index (χ0v) is 13.1. The third kappa shape index (κ3) is 3.27. The molecule has 6 heteroatoms. The highest BCUT2D eigenvalue weighted by molar-refractivity contribution is 6.01. The molecule has 1 saturated heterocycles. The summed E-state index contributed by atoms with van der Waals surface area (Å²) in [5, 5.41) is 2.68. The van der Waals surface area contributed by atoms with E-state index in [4.69, 9.17) is 5.73 Å². The molecule has 1 heterocycles. The Morgan fingerprint density at radius 1 is 1.41 bits per heavy atom. The second kappa shape index (κ2) is 6.04. The van der Waals surface area contributed by atoms with Crippen molar-refractivity contribution in [3.05, 3.63) is 30.1 Å². The van der Waals surface area contributed by atoms with Gasteiger partial charge in [0.05, 0.1) is 11.7 Å². The number of hydrogen-bond donors (Lipinski definition) is 2. The summed E-state index contributed by atoms with van der Waals surface area (Å²) in [7, 11) is 0. The van der Waals surface area contributed by atoms with E-state index in [1.54, 1.807) is 18.2 Å². The second-order valence-electron chi connectivity index (χ2n) is 6.63. The summed E-state index contributed by atoms with van der Waals surface area (Å²) >= 11 is 0. The van der Waals surface area contributed by atoms with Gasteiger partial charge >= 0.3 is 0 Å². The highest BCUT2D eigenvalue weighted by Gasteiger charge is 2.37. The number of para-hydroxylation sites is 1. The van der Waals surface area contributed by atoms with Crippen molar-refractivity contribution < 1.29 is 14.0 Å². The lowest BCUT2D eigenvalue weighted by Gasteiger charge is -2.27. The van der Waals surface area contributed by atoms with Crippen molar-refractivity contribution >= 4 is 17.5 Å². The molecule has 0 aromatic heterocycles. The van der Waals surface area contributed by atoms with Gasteiger partial charge in [0.15, 0.2) is 0 Å². The van der Waals surface area contributed by atoms with Crippen LogP contribution in [0.4, 0.5) is 10.1 Å². The van der Waals surface area contributed by atoms with Crippen LogP contribution in [0.15, 0.2) is 24.3 Å². The van der Waals surface area contributed by atoms with Crippen LogP contribution < -0.4 is 16.0 Å². The molecule has 1 aliphatic rings. The van der Waals surface area contributed by atoms with Crippen molar-refractivity contribution in [3.8, 4) is 0 Å². The molecule has 0 aliphatic carbocycles. The Bertz CT molecular complexity index is 583. The summed E-state index contributed by atoms with van der Waals surface area (Å²) in [6, 6.07) is 4.75. The van der Waals surface area contributed by atoms with Crippen LogP contribution in [-0.2, 0) is 9.59 Å². The van der Waals surface area contributed by atoms with Crippen molar-refractivity contribution in [1.82, 2.24) is 5.32 Å². The Morgan fingerprint density at radius 3 is 2.64 bits per heavy atom. The van der Waals surface area contributed by atoms with Crippen LogP contribution in [0.25, 0.3) is 0 Å². The van der Waals surface area contributed by atoms with Gasteiger partial charge in [-0.3, -0.25) is 9.59 Å². The zero-order chi connectivity index (χ0) is 16.5. The normalized spacial score (nSPS) is 20.1. The third-order valence-electron chi connectivity index (χ3n) is 3.88. The number of nitrogens with zero attached hydrogens (tertiary/aromatic N) is 1. The van der Waals surface area contributed by atoms with E-state index in [0.717, 1.165) is 0 Å². The van der Waals surface area contributed by atoms with Crippen LogP contribution in [0.1, 0.15) is 27.2 Å². The molecule has 1 aromatic rings. The number of nitrogens with one attached hydrogen (secondary N) is 1. The molecule has 1 aliphatic heterocycles. The number of anilines is 1. The molecule has 120 valence electrons. The van der Waals surface area contributed by atoms with Gasteiger partial charge in [0.1, 0.15) is 11.9 Å². The van der Waals surface area contributed by atoms with E-state index in [1.165, 1.54) is 11.0 Å². The quantitative estimate of drug-likeness (QED) is 0.887. The lowest BCUT2D eigenvalue weighted by Crippen LogP contribution is -2.53. The fraction of sp³-hybridized carbons (Fsp3) is 0.500. The summed E-state index contributed by atoms with van der Waals surface area (Å²) in [6.45, 7) is 5.95. The van der Waals surface area contributed by atoms with Gasteiger partial charge in [-0.25, -0.2) is 4.39 Å². The summed E-state index contributed by atoms with van der Waals surface area (Å²) < 4.78 is 13.8. The minimum atomic E-state index is -0.706. The number of benzene rings is 1. The Kier molecular flexibility index (Phi) is 4.51. The van der Waals surface area contributed by atoms with Crippen molar-refractivity contribution in [2.75, 3.05) is 11.4 Å². The SMILES string of the molecule is CC(C)(C)[C@H](N)C(=O)NC1CCN(c2ccccc2F)C1=O. The summed E-state index contributed by atoms with van der Waals surface area (Å²) in [5.74, 6) is -1.12. The Labute approximate surface area is 129 Å². The molecule has 3 N–H and O–H groups in total. The summed E-state index contributed by atoms with van der Waals surface area (Å²) in [4.78, 5) is 25.9. The molecule has 2 rings (SSSR count). The average molecular weight is 307 g/mol. The minimum Gasteiger partial charge on any atom is -0.343 e. The fourth-order valence-corrected chi connectivity index (χ4v) is 2.38. The molecule has 0 saturated carbocycles. The van der Waals surface area contributed by atoms with E-state index in [9.17, 15) is 14.0 Å². The minimum absolute atomic E-state index is 0.240. The molecule has 0 spiro atoms. The van der Waals surface area contributed by atoms with Gasteiger partial charge in [0, 0.05) is 6.54 Å². The monoisotopic (exact) mass is 307 g/mol. The molecule has 22 heavy (non-hydrogen) atoms. The molecule has 0 radical (unpaired) electrons.